The molecule has 1 aromatic rings. The molecule has 1 aliphatic heterocycles. The molecule has 0 unspecified atom stereocenters. The largest absolute Gasteiger partial charge is 0.482 e. The van der Waals surface area contributed by atoms with Gasteiger partial charge in [0, 0.05) is 13.1 Å². The summed E-state index contributed by atoms with van der Waals surface area (Å²) < 4.78 is 41.9. The number of carbonyl (C=O) groups is 2. The standard InChI is InChI=1S/C18H25NO7S/c1-3-24-17(20)13-26-15-5-7-16(8-6-15)27(22,23)19-11-9-14(10-12-19)18(21)25-4-2/h5-8,14H,3-4,9-13H2,1-2H3. The summed E-state index contributed by atoms with van der Waals surface area (Å²) in [6.45, 7) is 4.35. The molecular weight excluding hydrogens is 374 g/mol. The lowest BCUT2D eigenvalue weighted by atomic mass is 9.98. The number of carbonyl (C=O) groups excluding carboxylic acids is 2. The van der Waals surface area contributed by atoms with E-state index in [1.54, 1.807) is 13.8 Å². The zero-order valence-electron chi connectivity index (χ0n) is 15.5. The van der Waals surface area contributed by atoms with Crippen molar-refractivity contribution in [2.75, 3.05) is 32.9 Å². The molecule has 1 fully saturated rings. The van der Waals surface area contributed by atoms with Crippen LogP contribution in [0.1, 0.15) is 26.7 Å². The third-order valence-corrected chi connectivity index (χ3v) is 6.11. The van der Waals surface area contributed by atoms with Crippen LogP contribution in [-0.4, -0.2) is 57.6 Å². The van der Waals surface area contributed by atoms with Crippen molar-refractivity contribution in [1.82, 2.24) is 4.31 Å². The smallest absolute Gasteiger partial charge is 0.344 e. The molecule has 0 bridgehead atoms. The van der Waals surface area contributed by atoms with E-state index in [1.165, 1.54) is 28.6 Å². The molecule has 2 rings (SSSR count). The lowest BCUT2D eigenvalue weighted by Crippen LogP contribution is -2.40. The van der Waals surface area contributed by atoms with Gasteiger partial charge in [-0.25, -0.2) is 13.2 Å². The molecule has 0 amide bonds. The molecule has 0 aromatic heterocycles. The van der Waals surface area contributed by atoms with Crippen molar-refractivity contribution < 1.29 is 32.2 Å². The topological polar surface area (TPSA) is 99.2 Å². The number of hydrogen-bond donors (Lipinski definition) is 0. The monoisotopic (exact) mass is 399 g/mol. The van der Waals surface area contributed by atoms with Crippen LogP contribution in [0, 0.1) is 5.92 Å². The van der Waals surface area contributed by atoms with Crippen LogP contribution in [0.3, 0.4) is 0 Å². The van der Waals surface area contributed by atoms with Gasteiger partial charge in [-0.05, 0) is 51.0 Å². The van der Waals surface area contributed by atoms with Gasteiger partial charge in [0.05, 0.1) is 24.0 Å². The van der Waals surface area contributed by atoms with E-state index in [0.717, 1.165) is 0 Å². The molecule has 1 heterocycles. The highest BCUT2D eigenvalue weighted by Gasteiger charge is 2.32. The highest BCUT2D eigenvalue weighted by molar-refractivity contribution is 7.89. The lowest BCUT2D eigenvalue weighted by molar-refractivity contribution is -0.149. The van der Waals surface area contributed by atoms with Gasteiger partial charge in [-0.1, -0.05) is 0 Å². The summed E-state index contributed by atoms with van der Waals surface area (Å²) in [5.74, 6) is -0.630. The first-order valence-corrected chi connectivity index (χ1v) is 10.4. The van der Waals surface area contributed by atoms with E-state index >= 15 is 0 Å². The van der Waals surface area contributed by atoms with Gasteiger partial charge in [-0.2, -0.15) is 4.31 Å². The molecule has 27 heavy (non-hydrogen) atoms. The van der Waals surface area contributed by atoms with Crippen molar-refractivity contribution in [2.24, 2.45) is 5.92 Å². The minimum atomic E-state index is -3.65. The van der Waals surface area contributed by atoms with Crippen molar-refractivity contribution >= 4 is 22.0 Å². The maximum absolute atomic E-state index is 12.7. The summed E-state index contributed by atoms with van der Waals surface area (Å²) in [5.41, 5.74) is 0. The Morgan fingerprint density at radius 2 is 1.63 bits per heavy atom. The van der Waals surface area contributed by atoms with Crippen LogP contribution in [-0.2, 0) is 29.1 Å². The lowest BCUT2D eigenvalue weighted by Gasteiger charge is -2.30. The van der Waals surface area contributed by atoms with Gasteiger partial charge in [0.1, 0.15) is 5.75 Å². The predicted molar refractivity (Wildman–Crippen MR) is 96.7 cm³/mol. The van der Waals surface area contributed by atoms with Crippen molar-refractivity contribution in [3.05, 3.63) is 24.3 Å². The Labute approximate surface area is 159 Å². The third kappa shape index (κ3) is 5.67. The summed E-state index contributed by atoms with van der Waals surface area (Å²) in [5, 5.41) is 0. The van der Waals surface area contributed by atoms with E-state index in [0.29, 0.717) is 25.2 Å². The molecule has 9 heteroatoms. The second-order valence-corrected chi connectivity index (χ2v) is 7.93. The van der Waals surface area contributed by atoms with Crippen molar-refractivity contribution in [3.63, 3.8) is 0 Å². The highest BCUT2D eigenvalue weighted by Crippen LogP contribution is 2.25. The molecule has 0 spiro atoms. The average molecular weight is 399 g/mol. The van der Waals surface area contributed by atoms with E-state index in [-0.39, 0.29) is 43.1 Å². The van der Waals surface area contributed by atoms with Crippen LogP contribution in [0.2, 0.25) is 0 Å². The SMILES string of the molecule is CCOC(=O)COc1ccc(S(=O)(=O)N2CCC(C(=O)OCC)CC2)cc1. The molecule has 1 aromatic carbocycles. The summed E-state index contributed by atoms with van der Waals surface area (Å²) in [6, 6.07) is 5.87. The van der Waals surface area contributed by atoms with Crippen molar-refractivity contribution in [3.8, 4) is 5.75 Å². The molecule has 0 radical (unpaired) electrons. The Morgan fingerprint density at radius 1 is 1.04 bits per heavy atom. The zero-order valence-corrected chi connectivity index (χ0v) is 16.4. The molecular formula is C18H25NO7S. The second kappa shape index (κ2) is 9.70. The number of rotatable bonds is 8. The maximum Gasteiger partial charge on any atom is 0.344 e. The summed E-state index contributed by atoms with van der Waals surface area (Å²) >= 11 is 0. The van der Waals surface area contributed by atoms with E-state index in [2.05, 4.69) is 0 Å². The summed E-state index contributed by atoms with van der Waals surface area (Å²) in [6.07, 6.45) is 0.887. The van der Waals surface area contributed by atoms with Crippen LogP contribution in [0.25, 0.3) is 0 Å². The van der Waals surface area contributed by atoms with Gasteiger partial charge >= 0.3 is 11.9 Å². The van der Waals surface area contributed by atoms with Gasteiger partial charge in [0.2, 0.25) is 10.0 Å². The van der Waals surface area contributed by atoms with Gasteiger partial charge in [-0.15, -0.1) is 0 Å². The van der Waals surface area contributed by atoms with Crippen LogP contribution in [0.4, 0.5) is 0 Å². The fourth-order valence-corrected chi connectivity index (χ4v) is 4.26. The Hall–Kier alpha value is -2.13. The van der Waals surface area contributed by atoms with Crippen LogP contribution in [0.5, 0.6) is 5.75 Å². The van der Waals surface area contributed by atoms with Gasteiger partial charge in [-0.3, -0.25) is 4.79 Å². The zero-order chi connectivity index (χ0) is 19.9. The molecule has 1 aliphatic rings. The Balaban J connectivity index is 1.95. The maximum atomic E-state index is 12.7. The molecule has 1 saturated heterocycles. The summed E-state index contributed by atoms with van der Waals surface area (Å²) in [7, 11) is -3.65. The van der Waals surface area contributed by atoms with E-state index in [1.807, 2.05) is 0 Å². The van der Waals surface area contributed by atoms with E-state index in [9.17, 15) is 18.0 Å². The molecule has 8 nitrogen and oxygen atoms in total. The van der Waals surface area contributed by atoms with Gasteiger partial charge < -0.3 is 14.2 Å². The highest BCUT2D eigenvalue weighted by atomic mass is 32.2. The minimum absolute atomic E-state index is 0.139. The predicted octanol–water partition coefficient (Wildman–Crippen LogP) is 1.59. The molecule has 0 saturated carbocycles. The normalized spacial score (nSPS) is 15.9. The number of hydrogen-bond acceptors (Lipinski definition) is 7. The number of benzene rings is 1. The fourth-order valence-electron chi connectivity index (χ4n) is 2.79. The first kappa shape index (κ1) is 21.2. The summed E-state index contributed by atoms with van der Waals surface area (Å²) in [4.78, 5) is 23.2. The third-order valence-electron chi connectivity index (χ3n) is 4.20. The molecule has 0 aliphatic carbocycles. The first-order valence-electron chi connectivity index (χ1n) is 8.93. The molecule has 0 N–H and O–H groups in total. The molecule has 0 atom stereocenters. The van der Waals surface area contributed by atoms with Gasteiger partial charge in [0.15, 0.2) is 6.61 Å². The molecule has 150 valence electrons. The number of nitrogens with zero attached hydrogens (tertiary/aromatic N) is 1. The average Bonchev–Trinajstić information content (AvgIpc) is 2.67. The Kier molecular flexibility index (Phi) is 7.61. The number of esters is 2. The number of sulfonamides is 1. The van der Waals surface area contributed by atoms with Crippen LogP contribution >= 0.6 is 0 Å². The van der Waals surface area contributed by atoms with Crippen molar-refractivity contribution in [2.45, 2.75) is 31.6 Å². The quantitative estimate of drug-likeness (QED) is 0.612. The Morgan fingerprint density at radius 3 is 2.19 bits per heavy atom. The van der Waals surface area contributed by atoms with Crippen LogP contribution < -0.4 is 4.74 Å². The second-order valence-electron chi connectivity index (χ2n) is 6.00. The number of piperidine rings is 1. The van der Waals surface area contributed by atoms with Gasteiger partial charge in [0.25, 0.3) is 0 Å². The first-order chi connectivity index (χ1) is 12.9. The minimum Gasteiger partial charge on any atom is -0.482 e. The fraction of sp³-hybridized carbons (Fsp3) is 0.556. The van der Waals surface area contributed by atoms with E-state index in [4.69, 9.17) is 14.2 Å². The van der Waals surface area contributed by atoms with Crippen molar-refractivity contribution in [1.29, 1.82) is 0 Å². The van der Waals surface area contributed by atoms with Crippen LogP contribution in [0.15, 0.2) is 29.2 Å². The number of ether oxygens (including phenoxy) is 3. The van der Waals surface area contributed by atoms with E-state index < -0.39 is 16.0 Å². The Bertz CT molecular complexity index is 737.